The second-order valence-corrected chi connectivity index (χ2v) is 6.23. The van der Waals surface area contributed by atoms with Crippen LogP contribution < -0.4 is 0 Å². The molecule has 0 heterocycles. The van der Waals surface area contributed by atoms with Crippen molar-refractivity contribution in [2.24, 2.45) is 16.7 Å². The zero-order chi connectivity index (χ0) is 14.1. The average molecular weight is 256 g/mol. The van der Waals surface area contributed by atoms with E-state index in [4.69, 9.17) is 0 Å². The predicted octanol–water partition coefficient (Wildman–Crippen LogP) is 3.52. The molecule has 0 aromatic heterocycles. The molecule has 2 heteroatoms. The van der Waals surface area contributed by atoms with Crippen LogP contribution in [-0.2, 0) is 9.59 Å². The van der Waals surface area contributed by atoms with Gasteiger partial charge in [-0.1, -0.05) is 56.3 Å². The molecular formula is C17H20O2. The molecule has 0 aliphatic heterocycles. The molecule has 100 valence electrons. The van der Waals surface area contributed by atoms with Gasteiger partial charge in [0.1, 0.15) is 12.1 Å². The Bertz CT molecular complexity index is 513. The monoisotopic (exact) mass is 256 g/mol. The Morgan fingerprint density at radius 2 is 1.79 bits per heavy atom. The molecule has 1 aromatic rings. The van der Waals surface area contributed by atoms with Gasteiger partial charge in [-0.25, -0.2) is 0 Å². The topological polar surface area (TPSA) is 34.1 Å². The fourth-order valence-electron chi connectivity index (χ4n) is 3.06. The maximum absolute atomic E-state index is 12.3. The summed E-state index contributed by atoms with van der Waals surface area (Å²) in [5.41, 5.74) is 0.112. The quantitative estimate of drug-likeness (QED) is 0.775. The van der Waals surface area contributed by atoms with Gasteiger partial charge in [-0.2, -0.15) is 0 Å². The maximum atomic E-state index is 12.3. The van der Waals surface area contributed by atoms with E-state index >= 15 is 0 Å². The van der Waals surface area contributed by atoms with E-state index in [-0.39, 0.29) is 17.1 Å². The summed E-state index contributed by atoms with van der Waals surface area (Å²) in [6.45, 7) is 5.86. The van der Waals surface area contributed by atoms with Crippen LogP contribution in [0.3, 0.4) is 0 Å². The number of Topliss-reactive ketones (excluding diaryl/α,β-unsaturated/α-hetero) is 1. The standard InChI is InChI=1S/C17H20O2/c1-16(2)11-15(19)17(3,14(16)12-18)10-9-13-7-5-4-6-8-13/h4-10,12,14H,11H2,1-3H3/b10-9+/t14?,17-/m1/s1. The largest absolute Gasteiger partial charge is 0.303 e. The van der Waals surface area contributed by atoms with Gasteiger partial charge in [-0.3, -0.25) is 4.79 Å². The van der Waals surface area contributed by atoms with E-state index in [1.54, 1.807) is 0 Å². The number of aldehydes is 1. The fourth-order valence-corrected chi connectivity index (χ4v) is 3.06. The van der Waals surface area contributed by atoms with E-state index in [2.05, 4.69) is 0 Å². The lowest BCUT2D eigenvalue weighted by atomic mass is 9.72. The first-order valence-electron chi connectivity index (χ1n) is 6.63. The Morgan fingerprint density at radius 1 is 1.16 bits per heavy atom. The third-order valence-corrected chi connectivity index (χ3v) is 4.26. The highest BCUT2D eigenvalue weighted by Gasteiger charge is 2.54. The van der Waals surface area contributed by atoms with Crippen LogP contribution in [0.4, 0.5) is 0 Å². The molecule has 1 aliphatic rings. The first-order valence-corrected chi connectivity index (χ1v) is 6.63. The number of hydrogen-bond acceptors (Lipinski definition) is 2. The zero-order valence-electron chi connectivity index (χ0n) is 11.7. The number of hydrogen-bond donors (Lipinski definition) is 0. The van der Waals surface area contributed by atoms with Crippen molar-refractivity contribution in [1.82, 2.24) is 0 Å². The average Bonchev–Trinajstić information content (AvgIpc) is 2.54. The molecule has 19 heavy (non-hydrogen) atoms. The van der Waals surface area contributed by atoms with Crippen LogP contribution in [0.5, 0.6) is 0 Å². The molecule has 1 aliphatic carbocycles. The third-order valence-electron chi connectivity index (χ3n) is 4.26. The minimum absolute atomic E-state index is 0.154. The second-order valence-electron chi connectivity index (χ2n) is 6.23. The van der Waals surface area contributed by atoms with Crippen molar-refractivity contribution in [1.29, 1.82) is 0 Å². The second kappa shape index (κ2) is 4.76. The summed E-state index contributed by atoms with van der Waals surface area (Å²) < 4.78 is 0. The van der Waals surface area contributed by atoms with Gasteiger partial charge in [-0.15, -0.1) is 0 Å². The highest BCUT2D eigenvalue weighted by molar-refractivity contribution is 5.94. The van der Waals surface area contributed by atoms with E-state index in [0.717, 1.165) is 11.8 Å². The molecule has 0 N–H and O–H groups in total. The van der Waals surface area contributed by atoms with E-state index in [1.165, 1.54) is 0 Å². The Labute approximate surface area is 114 Å². The summed E-state index contributed by atoms with van der Waals surface area (Å²) in [6.07, 6.45) is 5.25. The zero-order valence-corrected chi connectivity index (χ0v) is 11.7. The molecule has 1 unspecified atom stereocenters. The van der Waals surface area contributed by atoms with Crippen molar-refractivity contribution < 1.29 is 9.59 Å². The summed E-state index contributed by atoms with van der Waals surface area (Å²) >= 11 is 0. The SMILES string of the molecule is CC1(C)CC(=O)[C@](C)(/C=C/c2ccccc2)C1C=O. The molecule has 2 nitrogen and oxygen atoms in total. The van der Waals surface area contributed by atoms with Crippen molar-refractivity contribution in [3.63, 3.8) is 0 Å². The molecule has 2 rings (SSSR count). The van der Waals surface area contributed by atoms with Crippen molar-refractivity contribution in [3.05, 3.63) is 42.0 Å². The van der Waals surface area contributed by atoms with Crippen LogP contribution in [0.25, 0.3) is 6.08 Å². The van der Waals surface area contributed by atoms with Gasteiger partial charge in [0.05, 0.1) is 5.41 Å². The maximum Gasteiger partial charge on any atom is 0.143 e. The van der Waals surface area contributed by atoms with Crippen LogP contribution in [0.15, 0.2) is 36.4 Å². The van der Waals surface area contributed by atoms with Crippen LogP contribution >= 0.6 is 0 Å². The minimum atomic E-state index is -0.679. The van der Waals surface area contributed by atoms with Gasteiger partial charge in [0.15, 0.2) is 0 Å². The lowest BCUT2D eigenvalue weighted by Crippen LogP contribution is -2.32. The molecule has 1 saturated carbocycles. The van der Waals surface area contributed by atoms with E-state index in [9.17, 15) is 9.59 Å². The molecule has 1 fully saturated rings. The molecule has 0 bridgehead atoms. The number of carbonyl (C=O) groups is 2. The van der Waals surface area contributed by atoms with Crippen molar-refractivity contribution >= 4 is 18.1 Å². The summed E-state index contributed by atoms with van der Waals surface area (Å²) in [5.74, 6) is -0.103. The molecule has 0 radical (unpaired) electrons. The van der Waals surface area contributed by atoms with Crippen LogP contribution in [0.1, 0.15) is 32.8 Å². The van der Waals surface area contributed by atoms with Gasteiger partial charge in [0.2, 0.25) is 0 Å². The lowest BCUT2D eigenvalue weighted by Gasteiger charge is -2.29. The Hall–Kier alpha value is -1.70. The molecular weight excluding hydrogens is 236 g/mol. The number of allylic oxidation sites excluding steroid dienone is 1. The van der Waals surface area contributed by atoms with Crippen molar-refractivity contribution in [2.45, 2.75) is 27.2 Å². The smallest absolute Gasteiger partial charge is 0.143 e. The van der Waals surface area contributed by atoms with Gasteiger partial charge >= 0.3 is 0 Å². The number of ketones is 1. The predicted molar refractivity (Wildman–Crippen MR) is 76.5 cm³/mol. The molecule has 0 amide bonds. The highest BCUT2D eigenvalue weighted by Crippen LogP contribution is 2.51. The van der Waals surface area contributed by atoms with Gasteiger partial charge in [0.25, 0.3) is 0 Å². The molecule has 2 atom stereocenters. The summed E-state index contributed by atoms with van der Waals surface area (Å²) in [6, 6.07) is 9.84. The van der Waals surface area contributed by atoms with E-state index in [1.807, 2.05) is 63.3 Å². The van der Waals surface area contributed by atoms with E-state index < -0.39 is 5.41 Å². The van der Waals surface area contributed by atoms with E-state index in [0.29, 0.717) is 6.42 Å². The fraction of sp³-hybridized carbons (Fsp3) is 0.412. The normalized spacial score (nSPS) is 29.8. The summed E-state index contributed by atoms with van der Waals surface area (Å²) in [5, 5.41) is 0. The lowest BCUT2D eigenvalue weighted by molar-refractivity contribution is -0.126. The van der Waals surface area contributed by atoms with Gasteiger partial charge in [0, 0.05) is 12.3 Å². The van der Waals surface area contributed by atoms with Crippen LogP contribution in [-0.4, -0.2) is 12.1 Å². The Kier molecular flexibility index (Phi) is 3.44. The third kappa shape index (κ3) is 2.40. The molecule has 0 spiro atoms. The minimum Gasteiger partial charge on any atom is -0.303 e. The highest BCUT2D eigenvalue weighted by atomic mass is 16.1. The number of rotatable bonds is 3. The first kappa shape index (κ1) is 13.7. The Balaban J connectivity index is 2.34. The number of carbonyl (C=O) groups excluding carboxylic acids is 2. The van der Waals surface area contributed by atoms with Crippen LogP contribution in [0, 0.1) is 16.7 Å². The van der Waals surface area contributed by atoms with Crippen molar-refractivity contribution in [2.75, 3.05) is 0 Å². The first-order chi connectivity index (χ1) is 8.90. The van der Waals surface area contributed by atoms with Gasteiger partial charge < -0.3 is 4.79 Å². The number of benzene rings is 1. The summed E-state index contributed by atoms with van der Waals surface area (Å²) in [7, 11) is 0. The van der Waals surface area contributed by atoms with Crippen LogP contribution in [0.2, 0.25) is 0 Å². The van der Waals surface area contributed by atoms with Crippen molar-refractivity contribution in [3.8, 4) is 0 Å². The molecule has 0 saturated heterocycles. The summed E-state index contributed by atoms with van der Waals surface area (Å²) in [4.78, 5) is 23.7. The van der Waals surface area contributed by atoms with Gasteiger partial charge in [-0.05, 0) is 17.9 Å². The molecule has 1 aromatic carbocycles. The Morgan fingerprint density at radius 3 is 2.37 bits per heavy atom.